The molecule has 174 valence electrons. The number of benzene rings is 2. The molecule has 2 aromatic carbocycles. The zero-order valence-electron chi connectivity index (χ0n) is 19.4. The lowest BCUT2D eigenvalue weighted by Gasteiger charge is -2.38. The lowest BCUT2D eigenvalue weighted by molar-refractivity contribution is -0.139. The number of nitrogens with one attached hydrogen (secondary N) is 2. The molecule has 0 saturated carbocycles. The van der Waals surface area contributed by atoms with Gasteiger partial charge in [0.1, 0.15) is 0 Å². The highest BCUT2D eigenvalue weighted by molar-refractivity contribution is 6.07. The van der Waals surface area contributed by atoms with Gasteiger partial charge < -0.3 is 4.57 Å². The fourth-order valence-electron chi connectivity index (χ4n) is 4.73. The van der Waals surface area contributed by atoms with E-state index in [2.05, 4.69) is 36.5 Å². The number of carbonyl (C=O) groups excluding carboxylic acids is 3. The van der Waals surface area contributed by atoms with Gasteiger partial charge in [0.25, 0.3) is 5.91 Å². The third kappa shape index (κ3) is 3.75. The van der Waals surface area contributed by atoms with Crippen LogP contribution in [0.4, 0.5) is 11.6 Å². The summed E-state index contributed by atoms with van der Waals surface area (Å²) in [5, 5.41) is 4.20. The summed E-state index contributed by atoms with van der Waals surface area (Å²) in [6.07, 6.45) is 4.99. The van der Waals surface area contributed by atoms with E-state index in [1.54, 1.807) is 24.3 Å². The average Bonchev–Trinajstić information content (AvgIpc) is 3.20. The van der Waals surface area contributed by atoms with Crippen LogP contribution in [0.15, 0.2) is 60.7 Å². The first-order chi connectivity index (χ1) is 16.2. The Morgan fingerprint density at radius 1 is 1.03 bits per heavy atom. The molecule has 2 atom stereocenters. The molecule has 1 aliphatic carbocycles. The first kappa shape index (κ1) is 21.9. The first-order valence-electron chi connectivity index (χ1n) is 11.4. The van der Waals surface area contributed by atoms with Gasteiger partial charge in [-0.1, -0.05) is 30.4 Å². The van der Waals surface area contributed by atoms with Crippen LogP contribution in [0.25, 0.3) is 11.0 Å². The van der Waals surface area contributed by atoms with Crippen LogP contribution in [0, 0.1) is 11.8 Å². The number of hydrazine groups is 1. The second-order valence-electron chi connectivity index (χ2n) is 9.74. The van der Waals surface area contributed by atoms with E-state index < -0.39 is 0 Å². The van der Waals surface area contributed by atoms with Gasteiger partial charge in [-0.3, -0.25) is 25.1 Å². The zero-order chi connectivity index (χ0) is 24.0. The molecule has 1 fully saturated rings. The molecule has 8 heteroatoms. The van der Waals surface area contributed by atoms with Crippen molar-refractivity contribution in [3.63, 3.8) is 0 Å². The normalized spacial score (nSPS) is 20.3. The Balaban J connectivity index is 1.44. The molecule has 2 heterocycles. The molecule has 0 spiro atoms. The summed E-state index contributed by atoms with van der Waals surface area (Å²) in [7, 11) is 0. The molecular weight excluding hydrogens is 430 g/mol. The number of allylic oxidation sites excluding steroid dienone is 2. The third-order valence-electron chi connectivity index (χ3n) is 6.35. The van der Waals surface area contributed by atoms with Gasteiger partial charge in [-0.2, -0.15) is 0 Å². The van der Waals surface area contributed by atoms with Crippen molar-refractivity contribution < 1.29 is 14.4 Å². The van der Waals surface area contributed by atoms with Crippen LogP contribution in [-0.2, 0) is 15.1 Å². The Morgan fingerprint density at radius 2 is 1.76 bits per heavy atom. The van der Waals surface area contributed by atoms with Gasteiger partial charge >= 0.3 is 0 Å². The van der Waals surface area contributed by atoms with Crippen molar-refractivity contribution in [2.24, 2.45) is 11.8 Å². The topological polar surface area (TPSA) is 96.3 Å². The number of rotatable bonds is 3. The number of aromatic nitrogens is 2. The maximum absolute atomic E-state index is 13.2. The standard InChI is InChI=1S/C26H27N5O3/c1-26(2,3)30-21-14-7-6-13-20(21)27-25(30)28-22(32)16-9-8-10-17(15-16)31-24(34)19-12-5-4-11-18(19)23(33)29-31/h4-10,13-15,18-19H,11-12H2,1-3H3,(H,29,33)(H,27,28,32)/t18-,19+/m1/s1. The largest absolute Gasteiger partial charge is 0.305 e. The van der Waals surface area contributed by atoms with Crippen molar-refractivity contribution in [1.82, 2.24) is 15.0 Å². The molecule has 0 radical (unpaired) electrons. The quantitative estimate of drug-likeness (QED) is 0.581. The number of amides is 3. The van der Waals surface area contributed by atoms with Crippen LogP contribution in [0.5, 0.6) is 0 Å². The summed E-state index contributed by atoms with van der Waals surface area (Å²) < 4.78 is 2.00. The molecule has 34 heavy (non-hydrogen) atoms. The predicted molar refractivity (Wildman–Crippen MR) is 130 cm³/mol. The Hall–Kier alpha value is -3.94. The Labute approximate surface area is 197 Å². The minimum absolute atomic E-state index is 0.166. The lowest BCUT2D eigenvalue weighted by Crippen LogP contribution is -2.59. The van der Waals surface area contributed by atoms with E-state index in [1.165, 1.54) is 5.01 Å². The average molecular weight is 458 g/mol. The van der Waals surface area contributed by atoms with Gasteiger partial charge in [-0.25, -0.2) is 9.99 Å². The maximum Gasteiger partial charge on any atom is 0.258 e. The maximum atomic E-state index is 13.2. The van der Waals surface area contributed by atoms with Gasteiger partial charge in [0, 0.05) is 11.1 Å². The monoisotopic (exact) mass is 457 g/mol. The number of imidazole rings is 1. The second kappa shape index (κ2) is 8.13. The van der Waals surface area contributed by atoms with E-state index in [4.69, 9.17) is 0 Å². The minimum atomic E-state index is -0.386. The number of carbonyl (C=O) groups is 3. The molecule has 2 aliphatic rings. The molecule has 0 bridgehead atoms. The fraction of sp³-hybridized carbons (Fsp3) is 0.308. The molecule has 3 amide bonds. The van der Waals surface area contributed by atoms with Crippen molar-refractivity contribution in [2.45, 2.75) is 39.2 Å². The predicted octanol–water partition coefficient (Wildman–Crippen LogP) is 4.00. The van der Waals surface area contributed by atoms with Crippen molar-refractivity contribution in [2.75, 3.05) is 10.3 Å². The molecule has 5 rings (SSSR count). The van der Waals surface area contributed by atoms with Gasteiger partial charge in [-0.15, -0.1) is 0 Å². The van der Waals surface area contributed by atoms with Gasteiger partial charge in [-0.05, 0) is 63.9 Å². The van der Waals surface area contributed by atoms with Crippen molar-refractivity contribution in [3.05, 3.63) is 66.2 Å². The lowest BCUT2D eigenvalue weighted by atomic mass is 9.80. The number of hydrogen-bond donors (Lipinski definition) is 2. The van der Waals surface area contributed by atoms with Crippen LogP contribution < -0.4 is 15.8 Å². The fourth-order valence-corrected chi connectivity index (χ4v) is 4.73. The molecule has 1 aromatic heterocycles. The van der Waals surface area contributed by atoms with E-state index in [1.807, 2.05) is 41.0 Å². The molecule has 1 aliphatic heterocycles. The third-order valence-corrected chi connectivity index (χ3v) is 6.35. The zero-order valence-corrected chi connectivity index (χ0v) is 19.4. The Morgan fingerprint density at radius 3 is 2.53 bits per heavy atom. The van der Waals surface area contributed by atoms with Crippen LogP contribution in [0.1, 0.15) is 44.0 Å². The van der Waals surface area contributed by atoms with Crippen LogP contribution >= 0.6 is 0 Å². The molecule has 8 nitrogen and oxygen atoms in total. The highest BCUT2D eigenvalue weighted by Crippen LogP contribution is 2.33. The van der Waals surface area contributed by atoms with Crippen LogP contribution in [0.2, 0.25) is 0 Å². The van der Waals surface area contributed by atoms with Gasteiger partial charge in [0.15, 0.2) is 0 Å². The highest BCUT2D eigenvalue weighted by atomic mass is 16.2. The summed E-state index contributed by atoms with van der Waals surface area (Å²) in [4.78, 5) is 43.5. The Bertz CT molecular complexity index is 1330. The molecular formula is C26H27N5O3. The molecule has 3 aromatic rings. The summed E-state index contributed by atoms with van der Waals surface area (Å²) in [6.45, 7) is 6.15. The van der Waals surface area contributed by atoms with Crippen molar-refractivity contribution in [1.29, 1.82) is 0 Å². The SMILES string of the molecule is CC(C)(C)n1c(NC(=O)c2cccc(N3NC(=O)[C@@H]4CC=CC[C@@H]4C3=O)c2)nc2ccccc21. The van der Waals surface area contributed by atoms with E-state index in [0.717, 1.165) is 11.0 Å². The molecule has 1 saturated heterocycles. The molecule has 2 N–H and O–H groups in total. The first-order valence-corrected chi connectivity index (χ1v) is 11.4. The van der Waals surface area contributed by atoms with E-state index in [0.29, 0.717) is 30.0 Å². The highest BCUT2D eigenvalue weighted by Gasteiger charge is 2.42. The molecule has 0 unspecified atom stereocenters. The van der Waals surface area contributed by atoms with Crippen molar-refractivity contribution >= 4 is 40.4 Å². The summed E-state index contributed by atoms with van der Waals surface area (Å²) in [5.74, 6) is -0.975. The number of fused-ring (bicyclic) bond motifs is 2. The smallest absolute Gasteiger partial charge is 0.258 e. The number of para-hydroxylation sites is 2. The van der Waals surface area contributed by atoms with Crippen LogP contribution in [0.3, 0.4) is 0 Å². The van der Waals surface area contributed by atoms with Gasteiger partial charge in [0.05, 0.1) is 28.6 Å². The number of anilines is 2. The van der Waals surface area contributed by atoms with E-state index in [-0.39, 0.29) is 35.1 Å². The Kier molecular flexibility index (Phi) is 5.23. The number of nitrogens with zero attached hydrogens (tertiary/aromatic N) is 3. The van der Waals surface area contributed by atoms with E-state index in [9.17, 15) is 14.4 Å². The van der Waals surface area contributed by atoms with E-state index >= 15 is 0 Å². The summed E-state index contributed by atoms with van der Waals surface area (Å²) in [6, 6.07) is 14.4. The number of hydrogen-bond acceptors (Lipinski definition) is 4. The van der Waals surface area contributed by atoms with Crippen LogP contribution in [-0.4, -0.2) is 27.3 Å². The minimum Gasteiger partial charge on any atom is -0.305 e. The summed E-state index contributed by atoms with van der Waals surface area (Å²) in [5.41, 5.74) is 4.92. The summed E-state index contributed by atoms with van der Waals surface area (Å²) >= 11 is 0. The second-order valence-corrected chi connectivity index (χ2v) is 9.74. The van der Waals surface area contributed by atoms with Crippen molar-refractivity contribution in [3.8, 4) is 0 Å². The van der Waals surface area contributed by atoms with Gasteiger partial charge in [0.2, 0.25) is 17.8 Å².